The maximum absolute atomic E-state index is 13.2. The summed E-state index contributed by atoms with van der Waals surface area (Å²) in [5.74, 6) is -0.391. The third kappa shape index (κ3) is 5.79. The summed E-state index contributed by atoms with van der Waals surface area (Å²) in [6.07, 6.45) is 3.86. The molecule has 4 heteroatoms. The molecule has 0 saturated heterocycles. The SMILES string of the molecule is C=C(C)C(=O)[O][Sn]([CH2]CCC)([CH2]CCC)[C](=O)c1ccccc1. The van der Waals surface area contributed by atoms with E-state index in [0.717, 1.165) is 34.6 Å². The Labute approximate surface area is 144 Å². The summed E-state index contributed by atoms with van der Waals surface area (Å²) in [6, 6.07) is 9.29. The van der Waals surface area contributed by atoms with Gasteiger partial charge in [0.05, 0.1) is 0 Å². The zero-order valence-corrected chi connectivity index (χ0v) is 17.4. The van der Waals surface area contributed by atoms with Gasteiger partial charge in [-0.2, -0.15) is 0 Å². The molecular weight excluding hydrogens is 395 g/mol. The zero-order valence-electron chi connectivity index (χ0n) is 14.6. The molecule has 0 N–H and O–H groups in total. The van der Waals surface area contributed by atoms with Crippen molar-refractivity contribution in [1.82, 2.24) is 0 Å². The normalized spacial score (nSPS) is 11.1. The summed E-state index contributed by atoms with van der Waals surface area (Å²) < 4.78 is 7.57. The fourth-order valence-electron chi connectivity index (χ4n) is 2.54. The van der Waals surface area contributed by atoms with Crippen molar-refractivity contribution >= 4 is 28.6 Å². The van der Waals surface area contributed by atoms with Gasteiger partial charge in [-0.3, -0.25) is 0 Å². The Kier molecular flexibility index (Phi) is 8.59. The summed E-state index contributed by atoms with van der Waals surface area (Å²) in [6.45, 7) is 9.53. The van der Waals surface area contributed by atoms with Gasteiger partial charge in [-0.1, -0.05) is 0 Å². The minimum atomic E-state index is -3.77. The Morgan fingerprint density at radius 3 is 2.00 bits per heavy atom. The molecule has 0 unspecified atom stereocenters. The van der Waals surface area contributed by atoms with Gasteiger partial charge < -0.3 is 0 Å². The topological polar surface area (TPSA) is 43.4 Å². The van der Waals surface area contributed by atoms with Crippen LogP contribution < -0.4 is 0 Å². The average molecular weight is 423 g/mol. The van der Waals surface area contributed by atoms with Crippen LogP contribution in [0.15, 0.2) is 42.5 Å². The molecular formula is C19H28O3Sn. The van der Waals surface area contributed by atoms with Crippen molar-refractivity contribution in [3.8, 4) is 0 Å². The second-order valence-corrected chi connectivity index (χ2v) is 16.5. The molecule has 1 rings (SSSR count). The predicted octanol–water partition coefficient (Wildman–Crippen LogP) is 5.07. The molecule has 0 fully saturated rings. The third-order valence-corrected chi connectivity index (χ3v) is 15.4. The van der Waals surface area contributed by atoms with Crippen LogP contribution in [0.2, 0.25) is 8.87 Å². The molecule has 1 aromatic rings. The first-order valence-electron chi connectivity index (χ1n) is 8.45. The van der Waals surface area contributed by atoms with Gasteiger partial charge >= 0.3 is 145 Å². The van der Waals surface area contributed by atoms with Crippen molar-refractivity contribution in [1.29, 1.82) is 0 Å². The number of carbonyl (C=O) groups excluding carboxylic acids is 2. The molecule has 0 bridgehead atoms. The van der Waals surface area contributed by atoms with E-state index >= 15 is 0 Å². The molecule has 0 aliphatic rings. The standard InChI is InChI=1S/C7H5O.C4H6O2.2C4H9.Sn/c8-6-7-4-2-1-3-5-7;1-3(2)4(5)6;2*1-3-4-2;/h1-5H;1H2,2H3,(H,5,6);2*1,3-4H2,2H3;/q;;;;+1/p-1. The first kappa shape index (κ1) is 19.9. The van der Waals surface area contributed by atoms with Crippen molar-refractivity contribution in [2.45, 2.75) is 55.3 Å². The minimum absolute atomic E-state index is 0.108. The fourth-order valence-corrected chi connectivity index (χ4v) is 14.2. The molecule has 0 amide bonds. The van der Waals surface area contributed by atoms with Gasteiger partial charge in [0, 0.05) is 0 Å². The van der Waals surface area contributed by atoms with E-state index in [-0.39, 0.29) is 3.80 Å². The molecule has 23 heavy (non-hydrogen) atoms. The van der Waals surface area contributed by atoms with Crippen LogP contribution in [0.4, 0.5) is 0 Å². The van der Waals surface area contributed by atoms with Gasteiger partial charge in [-0.25, -0.2) is 0 Å². The van der Waals surface area contributed by atoms with Gasteiger partial charge in [0.25, 0.3) is 0 Å². The van der Waals surface area contributed by atoms with Crippen molar-refractivity contribution in [2.24, 2.45) is 0 Å². The van der Waals surface area contributed by atoms with Crippen LogP contribution >= 0.6 is 0 Å². The van der Waals surface area contributed by atoms with Crippen LogP contribution in [-0.2, 0) is 7.87 Å². The van der Waals surface area contributed by atoms with Crippen molar-refractivity contribution in [3.63, 3.8) is 0 Å². The Morgan fingerprint density at radius 2 is 1.57 bits per heavy atom. The van der Waals surface area contributed by atoms with E-state index in [0.29, 0.717) is 11.1 Å². The summed E-state index contributed by atoms with van der Waals surface area (Å²) >= 11 is -3.77. The van der Waals surface area contributed by atoms with Crippen LogP contribution in [-0.4, -0.2) is 28.6 Å². The molecule has 1 aromatic carbocycles. The molecule has 0 saturated carbocycles. The summed E-state index contributed by atoms with van der Waals surface area (Å²) in [7, 11) is 0. The van der Waals surface area contributed by atoms with Crippen LogP contribution in [0, 0.1) is 0 Å². The van der Waals surface area contributed by atoms with E-state index in [9.17, 15) is 9.59 Å². The molecule has 3 nitrogen and oxygen atoms in total. The number of carbonyl (C=O) groups is 2. The number of unbranched alkanes of at least 4 members (excludes halogenated alkanes) is 2. The maximum atomic E-state index is 13.2. The van der Waals surface area contributed by atoms with Crippen LogP contribution in [0.25, 0.3) is 0 Å². The van der Waals surface area contributed by atoms with Crippen molar-refractivity contribution in [2.75, 3.05) is 0 Å². The monoisotopic (exact) mass is 424 g/mol. The molecule has 0 aliphatic heterocycles. The molecule has 0 aliphatic carbocycles. The van der Waals surface area contributed by atoms with Gasteiger partial charge in [0.2, 0.25) is 0 Å². The Balaban J connectivity index is 3.20. The molecule has 0 heterocycles. The predicted molar refractivity (Wildman–Crippen MR) is 96.9 cm³/mol. The first-order chi connectivity index (χ1) is 11.0. The summed E-state index contributed by atoms with van der Waals surface area (Å²) in [4.78, 5) is 25.4. The third-order valence-electron chi connectivity index (χ3n) is 3.95. The zero-order chi connectivity index (χ0) is 17.3. The van der Waals surface area contributed by atoms with Gasteiger partial charge in [-0.15, -0.1) is 0 Å². The van der Waals surface area contributed by atoms with Crippen LogP contribution in [0.5, 0.6) is 0 Å². The molecule has 0 aromatic heterocycles. The van der Waals surface area contributed by atoms with Crippen molar-refractivity contribution < 1.29 is 12.7 Å². The Morgan fingerprint density at radius 1 is 1.04 bits per heavy atom. The van der Waals surface area contributed by atoms with Gasteiger partial charge in [0.15, 0.2) is 0 Å². The molecule has 0 spiro atoms. The number of benzene rings is 1. The summed E-state index contributed by atoms with van der Waals surface area (Å²) in [5, 5.41) is 0. The van der Waals surface area contributed by atoms with E-state index in [1.165, 1.54) is 0 Å². The first-order valence-corrected chi connectivity index (χ1v) is 15.1. The number of hydrogen-bond acceptors (Lipinski definition) is 3. The van der Waals surface area contributed by atoms with Gasteiger partial charge in [0.1, 0.15) is 0 Å². The quantitative estimate of drug-likeness (QED) is 0.390. The second kappa shape index (κ2) is 9.91. The van der Waals surface area contributed by atoms with E-state index in [1.807, 2.05) is 30.3 Å². The Bertz CT molecular complexity index is 529. The van der Waals surface area contributed by atoms with Crippen LogP contribution in [0.3, 0.4) is 0 Å². The number of hydrogen-bond donors (Lipinski definition) is 0. The second-order valence-electron chi connectivity index (χ2n) is 6.07. The average Bonchev–Trinajstić information content (AvgIpc) is 2.57. The molecule has 0 atom stereocenters. The van der Waals surface area contributed by atoms with E-state index in [1.54, 1.807) is 6.92 Å². The summed E-state index contributed by atoms with van der Waals surface area (Å²) in [5.41, 5.74) is 1.06. The fraction of sp³-hybridized carbons (Fsp3) is 0.474. The molecule has 0 radical (unpaired) electrons. The van der Waals surface area contributed by atoms with Gasteiger partial charge in [-0.05, 0) is 0 Å². The van der Waals surface area contributed by atoms with Crippen molar-refractivity contribution in [3.05, 3.63) is 48.0 Å². The number of rotatable bonds is 10. The van der Waals surface area contributed by atoms with E-state index in [4.69, 9.17) is 3.07 Å². The van der Waals surface area contributed by atoms with E-state index in [2.05, 4.69) is 20.4 Å². The Hall–Kier alpha value is -1.10. The van der Waals surface area contributed by atoms with E-state index < -0.39 is 24.8 Å². The van der Waals surface area contributed by atoms with Crippen LogP contribution in [0.1, 0.15) is 56.8 Å². The molecule has 126 valence electrons.